The van der Waals surface area contributed by atoms with E-state index in [2.05, 4.69) is 11.1 Å². The molecule has 0 aromatic rings. The predicted octanol–water partition coefficient (Wildman–Crippen LogP) is 2.57. The van der Waals surface area contributed by atoms with E-state index in [0.717, 1.165) is 38.4 Å². The summed E-state index contributed by atoms with van der Waals surface area (Å²) in [6, 6.07) is 0. The van der Waals surface area contributed by atoms with Crippen LogP contribution in [0, 0.1) is 40.4 Å². The van der Waals surface area contributed by atoms with Gasteiger partial charge in [0.2, 0.25) is 0 Å². The van der Waals surface area contributed by atoms with E-state index in [1.54, 1.807) is 0 Å². The largest absolute Gasteiger partial charge is 0.397 e. The molecule has 8 atom stereocenters. The fourth-order valence-electron chi connectivity index (χ4n) is 7.91. The van der Waals surface area contributed by atoms with Crippen molar-refractivity contribution in [2.24, 2.45) is 40.4 Å². The van der Waals surface area contributed by atoms with Crippen molar-refractivity contribution in [2.45, 2.75) is 70.8 Å². The van der Waals surface area contributed by atoms with Gasteiger partial charge in [-0.15, -0.1) is 0 Å². The molecule has 29 heavy (non-hydrogen) atoms. The van der Waals surface area contributed by atoms with Crippen LogP contribution in [0.3, 0.4) is 0 Å². The number of ketones is 1. The molecule has 2 N–H and O–H groups in total. The molecule has 4 fully saturated rings. The average Bonchev–Trinajstić information content (AvgIpc) is 3.00. The van der Waals surface area contributed by atoms with Crippen molar-refractivity contribution in [3.8, 4) is 0 Å². The molecule has 0 aromatic heterocycles. The maximum absolute atomic E-state index is 12.4. The first-order chi connectivity index (χ1) is 13.6. The second-order valence-electron chi connectivity index (χ2n) is 10.1. The van der Waals surface area contributed by atoms with Gasteiger partial charge in [-0.25, -0.2) is 4.18 Å². The number of aliphatic hydroxyl groups is 1. The third-order valence-corrected chi connectivity index (χ3v) is 9.57. The van der Waals surface area contributed by atoms with Gasteiger partial charge in [-0.3, -0.25) is 9.35 Å². The van der Waals surface area contributed by atoms with E-state index in [1.165, 1.54) is 0 Å². The van der Waals surface area contributed by atoms with Crippen molar-refractivity contribution >= 4 is 22.5 Å². The fraction of sp³-hybridized carbons (Fsp3) is 0.905. The van der Waals surface area contributed by atoms with Gasteiger partial charge in [0.15, 0.2) is 0 Å². The third kappa shape index (κ3) is 3.50. The lowest BCUT2D eigenvalue weighted by atomic mass is 9.44. The lowest BCUT2D eigenvalue weighted by Crippen LogP contribution is -2.59. The standard InChI is InChI=1S/C21H32O7S/c1-20-8-6-15(23)10-14(20)2-4-16-17-5-3-13(7-9-28-29(25,26)27)21(17,12-22)11-18(24)19(16)20/h12-14,16-19,24H,2-11H2,1H3,(H,25,26,27). The highest BCUT2D eigenvalue weighted by atomic mass is 32.3. The van der Waals surface area contributed by atoms with E-state index < -0.39 is 21.9 Å². The van der Waals surface area contributed by atoms with Crippen LogP contribution < -0.4 is 0 Å². The van der Waals surface area contributed by atoms with Crippen molar-refractivity contribution in [1.29, 1.82) is 0 Å². The maximum atomic E-state index is 12.4. The zero-order valence-corrected chi connectivity index (χ0v) is 17.8. The van der Waals surface area contributed by atoms with E-state index in [0.29, 0.717) is 37.4 Å². The molecule has 0 heterocycles. The Kier molecular flexibility index (Phi) is 5.46. The highest BCUT2D eigenvalue weighted by molar-refractivity contribution is 7.80. The number of aldehydes is 1. The monoisotopic (exact) mass is 428 g/mol. The summed E-state index contributed by atoms with van der Waals surface area (Å²) in [4.78, 5) is 24.4. The van der Waals surface area contributed by atoms with E-state index in [1.807, 2.05) is 0 Å². The van der Waals surface area contributed by atoms with Gasteiger partial charge in [0.1, 0.15) is 12.1 Å². The molecule has 8 heteroatoms. The first-order valence-corrected chi connectivity index (χ1v) is 12.2. The number of aliphatic hydroxyl groups excluding tert-OH is 1. The molecule has 0 spiro atoms. The Morgan fingerprint density at radius 3 is 2.69 bits per heavy atom. The fourth-order valence-corrected chi connectivity index (χ4v) is 8.22. The molecule has 4 aliphatic carbocycles. The number of carbonyl (C=O) groups is 2. The maximum Gasteiger partial charge on any atom is 0.397 e. The first kappa shape index (κ1) is 21.4. The Hall–Kier alpha value is -0.830. The molecular weight excluding hydrogens is 396 g/mol. The molecule has 4 saturated carbocycles. The van der Waals surface area contributed by atoms with Gasteiger partial charge in [-0.2, -0.15) is 8.42 Å². The highest BCUT2D eigenvalue weighted by Crippen LogP contribution is 2.67. The van der Waals surface area contributed by atoms with Crippen LogP contribution in [0.5, 0.6) is 0 Å². The lowest BCUT2D eigenvalue weighted by molar-refractivity contribution is -0.176. The molecule has 0 aliphatic heterocycles. The second-order valence-corrected chi connectivity index (χ2v) is 11.2. The number of rotatable bonds is 5. The summed E-state index contributed by atoms with van der Waals surface area (Å²) >= 11 is 0. The van der Waals surface area contributed by atoms with Crippen LogP contribution >= 0.6 is 0 Å². The lowest BCUT2D eigenvalue weighted by Gasteiger charge is -2.61. The first-order valence-electron chi connectivity index (χ1n) is 10.9. The van der Waals surface area contributed by atoms with Crippen molar-refractivity contribution in [3.05, 3.63) is 0 Å². The van der Waals surface area contributed by atoms with Crippen molar-refractivity contribution in [3.63, 3.8) is 0 Å². The van der Waals surface area contributed by atoms with Gasteiger partial charge >= 0.3 is 10.4 Å². The summed E-state index contributed by atoms with van der Waals surface area (Å²) in [6.45, 7) is 2.09. The Bertz CT molecular complexity index is 780. The Morgan fingerprint density at radius 1 is 1.24 bits per heavy atom. The molecule has 7 nitrogen and oxygen atoms in total. The van der Waals surface area contributed by atoms with Crippen LogP contribution in [-0.2, 0) is 24.2 Å². The molecule has 0 amide bonds. The van der Waals surface area contributed by atoms with Crippen molar-refractivity contribution in [1.82, 2.24) is 0 Å². The molecule has 8 unspecified atom stereocenters. The van der Waals surface area contributed by atoms with Gasteiger partial charge in [-0.1, -0.05) is 6.92 Å². The summed E-state index contributed by atoms with van der Waals surface area (Å²) in [5.74, 6) is 1.15. The second kappa shape index (κ2) is 7.39. The van der Waals surface area contributed by atoms with Gasteiger partial charge < -0.3 is 9.90 Å². The number of carbonyl (C=O) groups excluding carboxylic acids is 2. The van der Waals surface area contributed by atoms with Gasteiger partial charge in [-0.05, 0) is 80.0 Å². The van der Waals surface area contributed by atoms with E-state index in [-0.39, 0.29) is 35.7 Å². The zero-order chi connectivity index (χ0) is 21.0. The predicted molar refractivity (Wildman–Crippen MR) is 104 cm³/mol. The molecular formula is C21H32O7S. The smallest absolute Gasteiger partial charge is 0.393 e. The summed E-state index contributed by atoms with van der Waals surface area (Å²) in [6.07, 6.45) is 6.81. The number of fused-ring (bicyclic) bond motifs is 5. The summed E-state index contributed by atoms with van der Waals surface area (Å²) < 4.78 is 35.1. The molecule has 164 valence electrons. The van der Waals surface area contributed by atoms with Crippen LogP contribution in [0.15, 0.2) is 0 Å². The Labute approximate surface area is 172 Å². The summed E-state index contributed by atoms with van der Waals surface area (Å²) in [5.41, 5.74) is -0.714. The quantitative estimate of drug-likeness (QED) is 0.510. The summed E-state index contributed by atoms with van der Waals surface area (Å²) in [7, 11) is -4.49. The summed E-state index contributed by atoms with van der Waals surface area (Å²) in [5, 5.41) is 11.3. The topological polar surface area (TPSA) is 118 Å². The number of Topliss-reactive ketones (excluding diaryl/α,β-unsaturated/α-hetero) is 1. The van der Waals surface area contributed by atoms with Crippen LogP contribution in [-0.4, -0.2) is 42.9 Å². The normalized spacial score (nSPS) is 47.2. The van der Waals surface area contributed by atoms with Crippen LogP contribution in [0.1, 0.15) is 64.7 Å². The van der Waals surface area contributed by atoms with E-state index >= 15 is 0 Å². The van der Waals surface area contributed by atoms with E-state index in [4.69, 9.17) is 4.55 Å². The Morgan fingerprint density at radius 2 is 2.00 bits per heavy atom. The minimum Gasteiger partial charge on any atom is -0.393 e. The molecule has 0 radical (unpaired) electrons. The number of hydrogen-bond acceptors (Lipinski definition) is 6. The van der Waals surface area contributed by atoms with Gasteiger partial charge in [0, 0.05) is 18.3 Å². The minimum absolute atomic E-state index is 0.0548. The molecule has 4 rings (SSSR count). The molecule has 0 saturated heterocycles. The van der Waals surface area contributed by atoms with Crippen molar-refractivity contribution in [2.75, 3.05) is 6.61 Å². The molecule has 4 aliphatic rings. The van der Waals surface area contributed by atoms with Gasteiger partial charge in [0.25, 0.3) is 0 Å². The Balaban J connectivity index is 1.57. The van der Waals surface area contributed by atoms with Gasteiger partial charge in [0.05, 0.1) is 12.7 Å². The molecule has 0 aromatic carbocycles. The minimum atomic E-state index is -4.49. The van der Waals surface area contributed by atoms with Crippen LogP contribution in [0.4, 0.5) is 0 Å². The third-order valence-electron chi connectivity index (χ3n) is 9.11. The molecule has 0 bridgehead atoms. The van der Waals surface area contributed by atoms with Crippen LogP contribution in [0.25, 0.3) is 0 Å². The van der Waals surface area contributed by atoms with Crippen LogP contribution in [0.2, 0.25) is 0 Å². The van der Waals surface area contributed by atoms with Crippen molar-refractivity contribution < 1.29 is 31.8 Å². The average molecular weight is 429 g/mol. The van der Waals surface area contributed by atoms with E-state index in [9.17, 15) is 23.1 Å². The zero-order valence-electron chi connectivity index (χ0n) is 17.0. The SMILES string of the molecule is CC12CCC(=O)CC1CCC1C2C(O)CC2(C=O)C(CCOS(=O)(=O)O)CCC12. The highest BCUT2D eigenvalue weighted by Gasteiger charge is 2.64. The number of hydrogen-bond donors (Lipinski definition) is 2.